The van der Waals surface area contributed by atoms with Crippen LogP contribution in [-0.2, 0) is 14.8 Å². The quantitative estimate of drug-likeness (QED) is 0.795. The highest BCUT2D eigenvalue weighted by Gasteiger charge is 2.25. The van der Waals surface area contributed by atoms with Crippen molar-refractivity contribution in [3.8, 4) is 0 Å². The number of sulfonamides is 1. The van der Waals surface area contributed by atoms with Crippen molar-refractivity contribution in [2.24, 2.45) is 10.1 Å². The van der Waals surface area contributed by atoms with Gasteiger partial charge in [-0.3, -0.25) is 4.79 Å². The zero-order valence-electron chi connectivity index (χ0n) is 12.8. The van der Waals surface area contributed by atoms with E-state index < -0.39 is 15.9 Å². The summed E-state index contributed by atoms with van der Waals surface area (Å²) < 4.78 is 28.7. The fourth-order valence-corrected chi connectivity index (χ4v) is 3.53. The molecule has 1 aromatic rings. The molecule has 1 unspecified atom stereocenters. The van der Waals surface area contributed by atoms with Gasteiger partial charge in [0.05, 0.1) is 11.4 Å². The lowest BCUT2D eigenvalue weighted by Crippen LogP contribution is -2.43. The molecule has 0 bridgehead atoms. The minimum Gasteiger partial charge on any atom is -0.368 e. The van der Waals surface area contributed by atoms with E-state index in [-0.39, 0.29) is 11.4 Å². The number of amidine groups is 1. The van der Waals surface area contributed by atoms with Gasteiger partial charge in [0, 0.05) is 13.0 Å². The summed E-state index contributed by atoms with van der Waals surface area (Å²) in [5, 5.41) is 0. The van der Waals surface area contributed by atoms with Crippen molar-refractivity contribution < 1.29 is 13.2 Å². The van der Waals surface area contributed by atoms with Crippen LogP contribution < -0.4 is 5.73 Å². The van der Waals surface area contributed by atoms with Gasteiger partial charge in [0.2, 0.25) is 5.91 Å². The van der Waals surface area contributed by atoms with Crippen LogP contribution in [0.2, 0.25) is 5.82 Å². The average Bonchev–Trinajstić information content (AvgIpc) is 2.41. The summed E-state index contributed by atoms with van der Waals surface area (Å²) in [6.45, 7) is 2.47. The summed E-state index contributed by atoms with van der Waals surface area (Å²) >= 11 is 0. The highest BCUT2D eigenvalue weighted by Crippen LogP contribution is 2.22. The first-order chi connectivity index (χ1) is 10.3. The maximum atomic E-state index is 12.4. The molecule has 1 amide bonds. The van der Waals surface area contributed by atoms with Crippen LogP contribution >= 0.6 is 0 Å². The monoisotopic (exact) mass is 321 g/mol. The second-order valence-electron chi connectivity index (χ2n) is 5.79. The van der Waals surface area contributed by atoms with Crippen molar-refractivity contribution in [3.05, 3.63) is 29.8 Å². The third kappa shape index (κ3) is 4.10. The van der Waals surface area contributed by atoms with Gasteiger partial charge < -0.3 is 10.6 Å². The molecule has 0 radical (unpaired) electrons. The predicted octanol–water partition coefficient (Wildman–Crippen LogP) is 0.0849. The Bertz CT molecular complexity index is 686. The summed E-state index contributed by atoms with van der Waals surface area (Å²) in [6.07, 6.45) is 1.37. The van der Waals surface area contributed by atoms with Crippen LogP contribution in [-0.4, -0.2) is 46.0 Å². The van der Waals surface area contributed by atoms with Crippen LogP contribution in [0.4, 0.5) is 0 Å². The number of carbonyl (C=O) groups excluding carboxylic acids is 1. The van der Waals surface area contributed by atoms with Gasteiger partial charge in [0.1, 0.15) is 13.7 Å². The van der Waals surface area contributed by atoms with Gasteiger partial charge in [-0.05, 0) is 25.5 Å². The van der Waals surface area contributed by atoms with E-state index in [1.807, 2.05) is 6.92 Å². The van der Waals surface area contributed by atoms with Crippen LogP contribution in [0.15, 0.2) is 33.6 Å². The third-order valence-electron chi connectivity index (χ3n) is 3.65. The Morgan fingerprint density at radius 3 is 2.64 bits per heavy atom. The summed E-state index contributed by atoms with van der Waals surface area (Å²) in [5.41, 5.74) is 6.22. The number of benzene rings is 1. The highest BCUT2D eigenvalue weighted by molar-refractivity contribution is 7.90. The first kappa shape index (κ1) is 16.5. The highest BCUT2D eigenvalue weighted by atomic mass is 32.2. The Balaban J connectivity index is 2.31. The van der Waals surface area contributed by atoms with Crippen molar-refractivity contribution in [1.82, 2.24) is 4.90 Å². The molecule has 1 aromatic carbocycles. The van der Waals surface area contributed by atoms with Crippen LogP contribution in [0.5, 0.6) is 0 Å². The molecule has 8 heteroatoms. The maximum Gasteiger partial charge on any atom is 0.283 e. The van der Waals surface area contributed by atoms with E-state index in [9.17, 15) is 13.2 Å². The Morgan fingerprint density at radius 1 is 1.41 bits per heavy atom. The van der Waals surface area contributed by atoms with E-state index in [0.29, 0.717) is 24.6 Å². The molecule has 0 spiro atoms. The van der Waals surface area contributed by atoms with Gasteiger partial charge >= 0.3 is 0 Å². The van der Waals surface area contributed by atoms with Crippen molar-refractivity contribution >= 4 is 29.6 Å². The van der Waals surface area contributed by atoms with Gasteiger partial charge in [0.15, 0.2) is 0 Å². The van der Waals surface area contributed by atoms with E-state index in [1.54, 1.807) is 29.2 Å². The minimum atomic E-state index is -3.77. The van der Waals surface area contributed by atoms with Crippen LogP contribution in [0.1, 0.15) is 18.4 Å². The largest absolute Gasteiger partial charge is 0.368 e. The van der Waals surface area contributed by atoms with Crippen molar-refractivity contribution in [2.45, 2.75) is 30.5 Å². The Labute approximate surface area is 131 Å². The number of primary amides is 1. The zero-order chi connectivity index (χ0) is 16.3. The second kappa shape index (κ2) is 6.52. The standard InChI is InChI=1S/C14H20BN3O3S/c1-10-2-5-12(6-3-10)22(20,21)17-14-7-4-11(15)8-18(14)9-13(16)19/h2-3,5-6,11H,4,7-9,15H2,1H3,(H2,16,19)/b17-14-. The minimum absolute atomic E-state index is 0.00735. The number of likely N-dealkylation sites (tertiary alicyclic amines) is 1. The smallest absolute Gasteiger partial charge is 0.283 e. The molecule has 0 saturated carbocycles. The van der Waals surface area contributed by atoms with Crippen LogP contribution in [0.25, 0.3) is 0 Å². The van der Waals surface area contributed by atoms with Gasteiger partial charge in [-0.2, -0.15) is 8.42 Å². The molecule has 2 N–H and O–H groups in total. The first-order valence-electron chi connectivity index (χ1n) is 7.21. The maximum absolute atomic E-state index is 12.4. The molecule has 6 nitrogen and oxygen atoms in total. The molecule has 22 heavy (non-hydrogen) atoms. The molecule has 1 atom stereocenters. The number of aryl methyl sites for hydroxylation is 1. The van der Waals surface area contributed by atoms with Crippen molar-refractivity contribution in [1.29, 1.82) is 0 Å². The molecule has 1 heterocycles. The predicted molar refractivity (Wildman–Crippen MR) is 88.1 cm³/mol. The summed E-state index contributed by atoms with van der Waals surface area (Å²) in [4.78, 5) is 13.0. The Morgan fingerprint density at radius 2 is 2.05 bits per heavy atom. The number of nitrogens with two attached hydrogens (primary N) is 1. The number of amides is 1. The molecule has 1 aliphatic rings. The first-order valence-corrected chi connectivity index (χ1v) is 8.65. The van der Waals surface area contributed by atoms with Gasteiger partial charge in [-0.25, -0.2) is 0 Å². The molecule has 2 rings (SSSR count). The van der Waals surface area contributed by atoms with Gasteiger partial charge in [0.25, 0.3) is 10.0 Å². The van der Waals surface area contributed by atoms with Gasteiger partial charge in [-0.1, -0.05) is 23.5 Å². The van der Waals surface area contributed by atoms with E-state index >= 15 is 0 Å². The fraction of sp³-hybridized carbons (Fsp3) is 0.429. The third-order valence-corrected chi connectivity index (χ3v) is 4.97. The molecule has 0 aliphatic carbocycles. The molecular formula is C14H20BN3O3S. The number of piperidine rings is 1. The Hall–Kier alpha value is -1.83. The lowest BCUT2D eigenvalue weighted by molar-refractivity contribution is -0.118. The van der Waals surface area contributed by atoms with Gasteiger partial charge in [-0.15, -0.1) is 4.40 Å². The topological polar surface area (TPSA) is 92.8 Å². The number of rotatable bonds is 4. The summed E-state index contributed by atoms with van der Waals surface area (Å²) in [5.74, 6) is 0.299. The number of carbonyl (C=O) groups is 1. The van der Waals surface area contributed by atoms with Crippen molar-refractivity contribution in [3.63, 3.8) is 0 Å². The molecule has 118 valence electrons. The lowest BCUT2D eigenvalue weighted by atomic mass is 9.80. The fourth-order valence-electron chi connectivity index (χ4n) is 2.46. The molecule has 0 aromatic heterocycles. The zero-order valence-corrected chi connectivity index (χ0v) is 13.6. The average molecular weight is 321 g/mol. The van der Waals surface area contributed by atoms with Crippen LogP contribution in [0, 0.1) is 6.92 Å². The number of hydrogen-bond donors (Lipinski definition) is 1. The normalized spacial score (nSPS) is 21.0. The lowest BCUT2D eigenvalue weighted by Gasteiger charge is -2.32. The summed E-state index contributed by atoms with van der Waals surface area (Å²) in [6, 6.07) is 6.55. The second-order valence-corrected chi connectivity index (χ2v) is 7.39. The van der Waals surface area contributed by atoms with E-state index in [1.165, 1.54) is 0 Å². The molecule has 1 aliphatic heterocycles. The Kier molecular flexibility index (Phi) is 4.90. The number of hydrogen-bond acceptors (Lipinski definition) is 3. The molecular weight excluding hydrogens is 301 g/mol. The summed E-state index contributed by atoms with van der Waals surface area (Å²) in [7, 11) is -1.71. The van der Waals surface area contributed by atoms with Crippen molar-refractivity contribution in [2.75, 3.05) is 13.1 Å². The molecule has 1 saturated heterocycles. The van der Waals surface area contributed by atoms with E-state index in [4.69, 9.17) is 5.73 Å². The number of nitrogens with zero attached hydrogens (tertiary/aromatic N) is 2. The SMILES string of the molecule is BC1CC/C(=N/S(=O)(=O)c2ccc(C)cc2)N(CC(N)=O)C1. The van der Waals surface area contributed by atoms with E-state index in [0.717, 1.165) is 12.0 Å². The van der Waals surface area contributed by atoms with E-state index in [2.05, 4.69) is 12.2 Å². The molecule has 1 fully saturated rings. The van der Waals surface area contributed by atoms with Crippen LogP contribution in [0.3, 0.4) is 0 Å².